The van der Waals surface area contributed by atoms with Crippen molar-refractivity contribution < 1.29 is 14.6 Å². The van der Waals surface area contributed by atoms with Gasteiger partial charge in [-0.15, -0.1) is 0 Å². The van der Waals surface area contributed by atoms with Gasteiger partial charge < -0.3 is 9.84 Å². The zero-order chi connectivity index (χ0) is 11.4. The minimum atomic E-state index is -1.05. The van der Waals surface area contributed by atoms with Crippen molar-refractivity contribution >= 4 is 5.97 Å². The zero-order valence-corrected chi connectivity index (χ0v) is 8.20. The van der Waals surface area contributed by atoms with Crippen LogP contribution in [0.15, 0.2) is 42.7 Å². The highest BCUT2D eigenvalue weighted by Crippen LogP contribution is 2.21. The van der Waals surface area contributed by atoms with Gasteiger partial charge in [0.15, 0.2) is 0 Å². The van der Waals surface area contributed by atoms with E-state index in [1.165, 1.54) is 18.5 Å². The molecule has 0 saturated heterocycles. The van der Waals surface area contributed by atoms with Crippen molar-refractivity contribution in [1.82, 2.24) is 9.97 Å². The minimum Gasteiger partial charge on any atom is -0.478 e. The van der Waals surface area contributed by atoms with Crippen molar-refractivity contribution in [2.24, 2.45) is 0 Å². The summed E-state index contributed by atoms with van der Waals surface area (Å²) in [6.45, 7) is 0. The van der Waals surface area contributed by atoms with E-state index in [1.807, 2.05) is 0 Å². The number of aromatic carboxylic acids is 1. The summed E-state index contributed by atoms with van der Waals surface area (Å²) in [5.41, 5.74) is 0.0787. The van der Waals surface area contributed by atoms with Crippen LogP contribution in [0.5, 0.6) is 11.8 Å². The van der Waals surface area contributed by atoms with Gasteiger partial charge in [-0.1, -0.05) is 12.1 Å². The van der Waals surface area contributed by atoms with E-state index in [0.29, 0.717) is 0 Å². The molecule has 1 N–H and O–H groups in total. The van der Waals surface area contributed by atoms with Crippen LogP contribution in [0.2, 0.25) is 0 Å². The van der Waals surface area contributed by atoms with Crippen LogP contribution < -0.4 is 4.74 Å². The molecule has 80 valence electrons. The monoisotopic (exact) mass is 216 g/mol. The number of hydrogen-bond acceptors (Lipinski definition) is 4. The summed E-state index contributed by atoms with van der Waals surface area (Å²) in [6, 6.07) is 8.10. The van der Waals surface area contributed by atoms with Gasteiger partial charge in [0.25, 0.3) is 0 Å². The van der Waals surface area contributed by atoms with Crippen molar-refractivity contribution in [3.05, 3.63) is 48.3 Å². The third-order valence-electron chi connectivity index (χ3n) is 1.86. The van der Waals surface area contributed by atoms with Crippen LogP contribution in [-0.4, -0.2) is 21.0 Å². The molecule has 0 fully saturated rings. The number of rotatable bonds is 3. The Morgan fingerprint density at radius 2 is 1.81 bits per heavy atom. The number of hydrogen-bond donors (Lipinski definition) is 1. The van der Waals surface area contributed by atoms with E-state index >= 15 is 0 Å². The molecule has 1 aromatic heterocycles. The fourth-order valence-electron chi connectivity index (χ4n) is 1.17. The molecular weight excluding hydrogens is 208 g/mol. The molecule has 0 amide bonds. The number of nitrogens with zero attached hydrogens (tertiary/aromatic N) is 2. The van der Waals surface area contributed by atoms with Crippen molar-refractivity contribution in [3.8, 4) is 11.8 Å². The van der Waals surface area contributed by atoms with Gasteiger partial charge in [-0.3, -0.25) is 0 Å². The van der Waals surface area contributed by atoms with E-state index in [-0.39, 0.29) is 17.3 Å². The number of carboxylic acids is 1. The largest absolute Gasteiger partial charge is 0.478 e. The second-order valence-electron chi connectivity index (χ2n) is 2.93. The van der Waals surface area contributed by atoms with E-state index in [0.717, 1.165) is 0 Å². The molecule has 0 atom stereocenters. The molecule has 16 heavy (non-hydrogen) atoms. The van der Waals surface area contributed by atoms with Gasteiger partial charge in [0, 0.05) is 12.4 Å². The standard InChI is InChI=1S/C11H8N2O3/c14-10(15)8-4-1-2-5-9(8)16-11-12-6-3-7-13-11/h1-7H,(H,14,15). The molecule has 5 heteroatoms. The Morgan fingerprint density at radius 3 is 2.50 bits per heavy atom. The maximum absolute atomic E-state index is 10.9. The van der Waals surface area contributed by atoms with Crippen molar-refractivity contribution in [1.29, 1.82) is 0 Å². The fourth-order valence-corrected chi connectivity index (χ4v) is 1.17. The first-order valence-corrected chi connectivity index (χ1v) is 4.54. The Bertz CT molecular complexity index is 500. The molecular formula is C11H8N2O3. The van der Waals surface area contributed by atoms with Crippen LogP contribution >= 0.6 is 0 Å². The minimum absolute atomic E-state index is 0.0787. The first kappa shape index (κ1) is 10.1. The van der Waals surface area contributed by atoms with E-state index in [4.69, 9.17) is 9.84 Å². The molecule has 0 bridgehead atoms. The predicted molar refractivity (Wildman–Crippen MR) is 55.5 cm³/mol. The molecule has 2 aromatic rings. The lowest BCUT2D eigenvalue weighted by atomic mass is 10.2. The topological polar surface area (TPSA) is 72.3 Å². The first-order chi connectivity index (χ1) is 7.77. The zero-order valence-electron chi connectivity index (χ0n) is 8.20. The number of carbonyl (C=O) groups is 1. The molecule has 0 spiro atoms. The number of para-hydroxylation sites is 1. The summed E-state index contributed by atoms with van der Waals surface area (Å²) in [5, 5.41) is 8.92. The summed E-state index contributed by atoms with van der Waals surface area (Å²) >= 11 is 0. The highest BCUT2D eigenvalue weighted by atomic mass is 16.5. The van der Waals surface area contributed by atoms with E-state index in [1.54, 1.807) is 24.3 Å². The van der Waals surface area contributed by atoms with Gasteiger partial charge in [0.2, 0.25) is 0 Å². The average molecular weight is 216 g/mol. The van der Waals surface area contributed by atoms with Gasteiger partial charge in [-0.25, -0.2) is 14.8 Å². The number of ether oxygens (including phenoxy) is 1. The summed E-state index contributed by atoms with van der Waals surface area (Å²) in [5.74, 6) is -0.826. The third kappa shape index (κ3) is 2.14. The van der Waals surface area contributed by atoms with E-state index in [9.17, 15) is 4.79 Å². The highest BCUT2D eigenvalue weighted by Gasteiger charge is 2.11. The smallest absolute Gasteiger partial charge is 0.339 e. The molecule has 5 nitrogen and oxygen atoms in total. The summed E-state index contributed by atoms with van der Waals surface area (Å²) in [6.07, 6.45) is 3.04. The molecule has 0 aliphatic rings. The maximum Gasteiger partial charge on any atom is 0.339 e. The Balaban J connectivity index is 2.31. The third-order valence-corrected chi connectivity index (χ3v) is 1.86. The Labute approximate surface area is 91.4 Å². The van der Waals surface area contributed by atoms with Gasteiger partial charge in [-0.2, -0.15) is 0 Å². The van der Waals surface area contributed by atoms with Gasteiger partial charge >= 0.3 is 12.0 Å². The second kappa shape index (κ2) is 4.39. The van der Waals surface area contributed by atoms with Crippen LogP contribution in [0.4, 0.5) is 0 Å². The lowest BCUT2D eigenvalue weighted by molar-refractivity contribution is 0.0694. The van der Waals surface area contributed by atoms with Crippen LogP contribution in [0.25, 0.3) is 0 Å². The maximum atomic E-state index is 10.9. The molecule has 2 rings (SSSR count). The second-order valence-corrected chi connectivity index (χ2v) is 2.93. The first-order valence-electron chi connectivity index (χ1n) is 4.54. The molecule has 0 saturated carbocycles. The normalized spacial score (nSPS) is 9.75. The van der Waals surface area contributed by atoms with Crippen molar-refractivity contribution in [2.45, 2.75) is 0 Å². The van der Waals surface area contributed by atoms with E-state index < -0.39 is 5.97 Å². The lowest BCUT2D eigenvalue weighted by Crippen LogP contribution is -2.00. The Kier molecular flexibility index (Phi) is 2.77. The molecule has 0 aliphatic carbocycles. The fraction of sp³-hybridized carbons (Fsp3) is 0. The van der Waals surface area contributed by atoms with Crippen LogP contribution in [0.1, 0.15) is 10.4 Å². The number of aromatic nitrogens is 2. The lowest BCUT2D eigenvalue weighted by Gasteiger charge is -2.05. The molecule has 1 aromatic carbocycles. The quantitative estimate of drug-likeness (QED) is 0.849. The van der Waals surface area contributed by atoms with Gasteiger partial charge in [-0.05, 0) is 18.2 Å². The van der Waals surface area contributed by atoms with Crippen LogP contribution in [0.3, 0.4) is 0 Å². The van der Waals surface area contributed by atoms with Crippen molar-refractivity contribution in [2.75, 3.05) is 0 Å². The van der Waals surface area contributed by atoms with Crippen LogP contribution in [-0.2, 0) is 0 Å². The highest BCUT2D eigenvalue weighted by molar-refractivity contribution is 5.90. The molecule has 0 unspecified atom stereocenters. The summed E-state index contributed by atoms with van der Waals surface area (Å²) in [7, 11) is 0. The number of benzene rings is 1. The average Bonchev–Trinajstić information content (AvgIpc) is 2.31. The Morgan fingerprint density at radius 1 is 1.12 bits per heavy atom. The number of carboxylic acid groups (broad SMARTS) is 1. The summed E-state index contributed by atoms with van der Waals surface area (Å²) < 4.78 is 5.27. The SMILES string of the molecule is O=C(O)c1ccccc1Oc1ncccn1. The van der Waals surface area contributed by atoms with Gasteiger partial charge in [0.05, 0.1) is 0 Å². The molecule has 1 heterocycles. The summed E-state index contributed by atoms with van der Waals surface area (Å²) in [4.78, 5) is 18.6. The Hall–Kier alpha value is -2.43. The van der Waals surface area contributed by atoms with E-state index in [2.05, 4.69) is 9.97 Å². The molecule has 0 radical (unpaired) electrons. The molecule has 0 aliphatic heterocycles. The van der Waals surface area contributed by atoms with Gasteiger partial charge in [0.1, 0.15) is 11.3 Å². The van der Waals surface area contributed by atoms with Crippen molar-refractivity contribution in [3.63, 3.8) is 0 Å². The van der Waals surface area contributed by atoms with Crippen LogP contribution in [0, 0.1) is 0 Å². The predicted octanol–water partition coefficient (Wildman–Crippen LogP) is 1.97.